The van der Waals surface area contributed by atoms with Gasteiger partial charge in [-0.05, 0) is 29.9 Å². The van der Waals surface area contributed by atoms with Crippen molar-refractivity contribution in [1.29, 1.82) is 0 Å². The van der Waals surface area contributed by atoms with E-state index in [1.807, 2.05) is 38.1 Å². The van der Waals surface area contributed by atoms with Crippen molar-refractivity contribution in [2.45, 2.75) is 71.1 Å². The molecule has 1 aromatic carbocycles. The van der Waals surface area contributed by atoms with Gasteiger partial charge in [0.15, 0.2) is 0 Å². The number of amides is 4. The monoisotopic (exact) mass is 530 g/mol. The lowest BCUT2D eigenvalue weighted by atomic mass is 9.99. The Hall–Kier alpha value is -3.93. The number of carbonyl (C=O) groups excluding carboxylic acids is 4. The highest BCUT2D eigenvalue weighted by molar-refractivity contribution is 5.95. The van der Waals surface area contributed by atoms with Crippen LogP contribution in [0.4, 0.5) is 0 Å². The van der Waals surface area contributed by atoms with Gasteiger partial charge in [0.2, 0.25) is 23.6 Å². The molecule has 1 aromatic heterocycles. The molecule has 12 heteroatoms. The molecule has 208 valence electrons. The van der Waals surface area contributed by atoms with E-state index in [4.69, 9.17) is 11.5 Å². The summed E-state index contributed by atoms with van der Waals surface area (Å²) in [5.74, 6) is -4.40. The number of fused-ring (bicyclic) bond motifs is 1. The number of aromatic nitrogens is 1. The molecule has 9 N–H and O–H groups in total. The lowest BCUT2D eigenvalue weighted by molar-refractivity contribution is -0.143. The van der Waals surface area contributed by atoms with Gasteiger partial charge >= 0.3 is 5.97 Å². The predicted octanol–water partition coefficient (Wildman–Crippen LogP) is 0.154. The number of aliphatic carboxylic acids is 1. The Bertz CT molecular complexity index is 1160. The fourth-order valence-electron chi connectivity index (χ4n) is 4.06. The number of hydrogen-bond acceptors (Lipinski definition) is 6. The number of primary amides is 1. The topological polar surface area (TPSA) is 209 Å². The van der Waals surface area contributed by atoms with Gasteiger partial charge in [-0.3, -0.25) is 19.2 Å². The number of rotatable bonds is 14. The summed E-state index contributed by atoms with van der Waals surface area (Å²) in [6.07, 6.45) is 1.61. The van der Waals surface area contributed by atoms with Crippen LogP contribution in [0, 0.1) is 11.8 Å². The summed E-state index contributed by atoms with van der Waals surface area (Å²) in [6, 6.07) is 2.83. The lowest BCUT2D eigenvalue weighted by Gasteiger charge is -2.27. The molecule has 0 aliphatic heterocycles. The molecule has 0 radical (unpaired) electrons. The van der Waals surface area contributed by atoms with Crippen molar-refractivity contribution in [3.05, 3.63) is 36.0 Å². The summed E-state index contributed by atoms with van der Waals surface area (Å²) < 4.78 is 0. The molecule has 38 heavy (non-hydrogen) atoms. The lowest BCUT2D eigenvalue weighted by Crippen LogP contribution is -2.58. The van der Waals surface area contributed by atoms with E-state index >= 15 is 0 Å². The van der Waals surface area contributed by atoms with E-state index in [9.17, 15) is 29.1 Å². The predicted molar refractivity (Wildman–Crippen MR) is 142 cm³/mol. The number of carboxylic acids is 1. The Kier molecular flexibility index (Phi) is 10.8. The molecule has 4 atom stereocenters. The Morgan fingerprint density at radius 2 is 1.53 bits per heavy atom. The first-order chi connectivity index (χ1) is 17.8. The number of aromatic amines is 1. The van der Waals surface area contributed by atoms with Gasteiger partial charge in [0, 0.05) is 23.5 Å². The first kappa shape index (κ1) is 30.3. The zero-order valence-corrected chi connectivity index (χ0v) is 22.1. The van der Waals surface area contributed by atoms with E-state index in [0.717, 1.165) is 16.5 Å². The Labute approximate surface area is 221 Å². The second-order valence-corrected chi connectivity index (χ2v) is 10.2. The van der Waals surface area contributed by atoms with Crippen LogP contribution in [0.1, 0.15) is 46.1 Å². The van der Waals surface area contributed by atoms with Crippen LogP contribution in [-0.4, -0.2) is 63.9 Å². The maximum atomic E-state index is 13.5. The Balaban J connectivity index is 2.32. The van der Waals surface area contributed by atoms with Crippen molar-refractivity contribution in [1.82, 2.24) is 20.9 Å². The molecule has 0 saturated carbocycles. The SMILES string of the molecule is CC(C)CC(NC(=O)C(Cc1c[nH]c2ccccc12)NC(=O)C(N)CC(N)=O)C(=O)NC(C(=O)O)C(C)C. The summed E-state index contributed by atoms with van der Waals surface area (Å²) in [5, 5.41) is 18.1. The van der Waals surface area contributed by atoms with E-state index in [1.165, 1.54) is 0 Å². The van der Waals surface area contributed by atoms with Gasteiger partial charge in [-0.25, -0.2) is 4.79 Å². The van der Waals surface area contributed by atoms with Crippen LogP contribution in [0.5, 0.6) is 0 Å². The van der Waals surface area contributed by atoms with Crippen molar-refractivity contribution < 1.29 is 29.1 Å². The summed E-state index contributed by atoms with van der Waals surface area (Å²) in [6.45, 7) is 7.05. The van der Waals surface area contributed by atoms with E-state index in [1.54, 1.807) is 20.0 Å². The number of hydrogen-bond donors (Lipinski definition) is 7. The summed E-state index contributed by atoms with van der Waals surface area (Å²) in [5.41, 5.74) is 12.5. The van der Waals surface area contributed by atoms with Gasteiger partial charge in [0.25, 0.3) is 0 Å². The van der Waals surface area contributed by atoms with E-state index in [0.29, 0.717) is 0 Å². The average Bonchev–Trinajstić information content (AvgIpc) is 3.23. The molecule has 4 amide bonds. The Morgan fingerprint density at radius 3 is 2.11 bits per heavy atom. The molecule has 0 aliphatic carbocycles. The first-order valence-corrected chi connectivity index (χ1v) is 12.5. The molecular formula is C26H38N6O6. The second-order valence-electron chi connectivity index (χ2n) is 10.2. The molecule has 2 aromatic rings. The molecule has 12 nitrogen and oxygen atoms in total. The van der Waals surface area contributed by atoms with Crippen LogP contribution < -0.4 is 27.4 Å². The van der Waals surface area contributed by atoms with Crippen molar-refractivity contribution in [2.75, 3.05) is 0 Å². The summed E-state index contributed by atoms with van der Waals surface area (Å²) in [4.78, 5) is 65.2. The minimum atomic E-state index is -1.26. The van der Waals surface area contributed by atoms with Crippen molar-refractivity contribution in [2.24, 2.45) is 23.3 Å². The van der Waals surface area contributed by atoms with Crippen LogP contribution in [0.15, 0.2) is 30.5 Å². The van der Waals surface area contributed by atoms with Crippen molar-refractivity contribution in [3.63, 3.8) is 0 Å². The van der Waals surface area contributed by atoms with Crippen LogP contribution in [0.3, 0.4) is 0 Å². The van der Waals surface area contributed by atoms with E-state index in [2.05, 4.69) is 20.9 Å². The van der Waals surface area contributed by atoms with Gasteiger partial charge in [0.05, 0.1) is 12.5 Å². The van der Waals surface area contributed by atoms with Crippen LogP contribution >= 0.6 is 0 Å². The number of nitrogens with two attached hydrogens (primary N) is 2. The molecular weight excluding hydrogens is 492 g/mol. The second kappa shape index (κ2) is 13.6. The highest BCUT2D eigenvalue weighted by Crippen LogP contribution is 2.19. The molecule has 2 rings (SSSR count). The number of nitrogens with one attached hydrogen (secondary N) is 4. The van der Waals surface area contributed by atoms with E-state index < -0.39 is 60.2 Å². The zero-order valence-electron chi connectivity index (χ0n) is 22.1. The molecule has 0 bridgehead atoms. The molecule has 0 aliphatic rings. The summed E-state index contributed by atoms with van der Waals surface area (Å²) in [7, 11) is 0. The summed E-state index contributed by atoms with van der Waals surface area (Å²) >= 11 is 0. The zero-order chi connectivity index (χ0) is 28.6. The molecule has 4 unspecified atom stereocenters. The number of H-pyrrole nitrogens is 1. The smallest absolute Gasteiger partial charge is 0.326 e. The van der Waals surface area contributed by atoms with Gasteiger partial charge in [-0.2, -0.15) is 0 Å². The third kappa shape index (κ3) is 8.58. The molecule has 0 saturated heterocycles. The highest BCUT2D eigenvalue weighted by Gasteiger charge is 2.32. The quantitative estimate of drug-likeness (QED) is 0.180. The first-order valence-electron chi connectivity index (χ1n) is 12.5. The van der Waals surface area contributed by atoms with Gasteiger partial charge in [-0.15, -0.1) is 0 Å². The molecule has 0 spiro atoms. The Morgan fingerprint density at radius 1 is 0.921 bits per heavy atom. The minimum absolute atomic E-state index is 0.0148. The standard InChI is InChI=1S/C26H38N6O6/c1-13(2)9-19(25(36)32-22(14(3)4)26(37)38)31-24(35)20(30-23(34)17(27)11-21(28)33)10-15-12-29-18-8-6-5-7-16(15)18/h5-8,12-14,17,19-20,22,29H,9-11,27H2,1-4H3,(H2,28,33)(H,30,34)(H,31,35)(H,32,36)(H,37,38). The molecule has 0 fully saturated rings. The highest BCUT2D eigenvalue weighted by atomic mass is 16.4. The number of para-hydroxylation sites is 1. The third-order valence-electron chi connectivity index (χ3n) is 6.06. The fraction of sp³-hybridized carbons (Fsp3) is 0.500. The normalized spacial score (nSPS) is 14.5. The number of carbonyl (C=O) groups is 5. The largest absolute Gasteiger partial charge is 0.480 e. The minimum Gasteiger partial charge on any atom is -0.480 e. The van der Waals surface area contributed by atoms with Gasteiger partial charge in [-0.1, -0.05) is 45.9 Å². The van der Waals surface area contributed by atoms with Crippen LogP contribution in [0.2, 0.25) is 0 Å². The van der Waals surface area contributed by atoms with Gasteiger partial charge < -0.3 is 37.5 Å². The fourth-order valence-corrected chi connectivity index (χ4v) is 4.06. The van der Waals surface area contributed by atoms with Crippen LogP contribution in [-0.2, 0) is 30.4 Å². The third-order valence-corrected chi connectivity index (χ3v) is 6.06. The number of benzene rings is 1. The average molecular weight is 531 g/mol. The number of carboxylic acid groups (broad SMARTS) is 1. The maximum Gasteiger partial charge on any atom is 0.326 e. The van der Waals surface area contributed by atoms with Crippen LogP contribution in [0.25, 0.3) is 10.9 Å². The molecule has 1 heterocycles. The maximum absolute atomic E-state index is 13.5. The van der Waals surface area contributed by atoms with Gasteiger partial charge in [0.1, 0.15) is 18.1 Å². The van der Waals surface area contributed by atoms with Crippen molar-refractivity contribution >= 4 is 40.5 Å². The van der Waals surface area contributed by atoms with Crippen molar-refractivity contribution in [3.8, 4) is 0 Å². The van der Waals surface area contributed by atoms with E-state index in [-0.39, 0.29) is 24.7 Å².